The van der Waals surface area contributed by atoms with Gasteiger partial charge >= 0.3 is 0 Å². The van der Waals surface area contributed by atoms with Crippen molar-refractivity contribution < 1.29 is 0 Å². The molecule has 0 saturated heterocycles. The van der Waals surface area contributed by atoms with Crippen LogP contribution in [0.25, 0.3) is 170 Å². The number of nitrogens with zero attached hydrogens (tertiary/aromatic N) is 3. The fourth-order valence-electron chi connectivity index (χ4n) is 18.1. The Morgan fingerprint density at radius 2 is 0.680 bits per heavy atom. The van der Waals surface area contributed by atoms with Gasteiger partial charge in [-0.1, -0.05) is 282 Å². The van der Waals surface area contributed by atoms with Crippen molar-refractivity contribution in [2.75, 3.05) is 0 Å². The molecule has 1 N–H and O–H groups in total. The molecule has 0 fully saturated rings. The Morgan fingerprint density at radius 3 is 1.24 bits per heavy atom. The van der Waals surface area contributed by atoms with E-state index in [0.29, 0.717) is 0 Å². The van der Waals surface area contributed by atoms with Crippen LogP contribution in [0.4, 0.5) is 0 Å². The van der Waals surface area contributed by atoms with Crippen LogP contribution in [-0.2, 0) is 10.8 Å². The normalized spacial score (nSPS) is 13.3. The van der Waals surface area contributed by atoms with Crippen LogP contribution in [0.15, 0.2) is 320 Å². The summed E-state index contributed by atoms with van der Waals surface area (Å²) in [6.07, 6.45) is 0. The minimum atomic E-state index is -0.187. The van der Waals surface area contributed by atoms with Crippen LogP contribution < -0.4 is 0 Å². The summed E-state index contributed by atoms with van der Waals surface area (Å²) in [6, 6.07) is 115. The molecule has 4 nitrogen and oxygen atoms in total. The molecule has 0 atom stereocenters. The Morgan fingerprint density at radius 1 is 0.280 bits per heavy atom. The second kappa shape index (κ2) is 22.4. The standard InChI is InChI=1S/C47H32N2.C29H21N.C18H12BrN.CH4/c1-47(2)44-32-17-7-6-14-29(32)24-26-37(44)43-45(47)35-20-9-8-19-34(35)42-36-21-11-13-23-40(36)49(46(42)43)31-25-27-41-38(28-31)33-18-10-12-22-39(33)48(41)30-15-4-3-5-16-30;1-29(2)26-18-10-4-3-9-17(18)15-16-22(26)25-27(29)20-12-6-5-11-19(20)24-21-13-7-8-14-23(21)30-28(24)25;19-13-10-11-18-16(12-13)15-8-4-5-9-17(15)20(18)14-6-2-1-3-7-14;/h3-28H,1-2H3;3-16,30H,1-2H3;1-12H;1H4. The van der Waals surface area contributed by atoms with Gasteiger partial charge in [0.1, 0.15) is 0 Å². The Labute approximate surface area is 588 Å². The maximum absolute atomic E-state index is 3.80. The predicted octanol–water partition coefficient (Wildman–Crippen LogP) is 26.6. The molecular weight excluding hydrogens is 1280 g/mol. The molecule has 100 heavy (non-hydrogen) atoms. The molecular formula is C95H69BrN4. The Bertz CT molecular complexity index is 6790. The Hall–Kier alpha value is -11.8. The third-order valence-electron chi connectivity index (χ3n) is 22.0. The highest BCUT2D eigenvalue weighted by molar-refractivity contribution is 9.10. The number of halogens is 1. The van der Waals surface area contributed by atoms with E-state index in [0.717, 1.165) is 4.47 Å². The number of hydrogen-bond donors (Lipinski definition) is 1. The van der Waals surface area contributed by atoms with Gasteiger partial charge < -0.3 is 18.7 Å². The lowest BCUT2D eigenvalue weighted by Gasteiger charge is -2.25. The number of fused-ring (bicyclic) bond motifs is 30. The van der Waals surface area contributed by atoms with Crippen molar-refractivity contribution >= 4 is 146 Å². The molecule has 476 valence electrons. The maximum atomic E-state index is 3.80. The summed E-state index contributed by atoms with van der Waals surface area (Å²) >= 11 is 3.57. The van der Waals surface area contributed by atoms with Crippen molar-refractivity contribution in [3.05, 3.63) is 342 Å². The third kappa shape index (κ3) is 8.45. The van der Waals surface area contributed by atoms with Gasteiger partial charge in [0.2, 0.25) is 0 Å². The summed E-state index contributed by atoms with van der Waals surface area (Å²) in [4.78, 5) is 3.80. The lowest BCUT2D eigenvalue weighted by atomic mass is 9.78. The Kier molecular flexibility index (Phi) is 13.3. The minimum absolute atomic E-state index is 0. The summed E-state index contributed by atoms with van der Waals surface area (Å²) < 4.78 is 8.39. The quantitative estimate of drug-likeness (QED) is 0.183. The van der Waals surface area contributed by atoms with E-state index in [-0.39, 0.29) is 18.3 Å². The summed E-state index contributed by atoms with van der Waals surface area (Å²) in [5.74, 6) is 0. The largest absolute Gasteiger partial charge is 0.354 e. The predicted molar refractivity (Wildman–Crippen MR) is 431 cm³/mol. The van der Waals surface area contributed by atoms with Crippen LogP contribution in [0.1, 0.15) is 57.4 Å². The van der Waals surface area contributed by atoms with E-state index < -0.39 is 0 Å². The number of benzene rings is 16. The summed E-state index contributed by atoms with van der Waals surface area (Å²) in [7, 11) is 0. The number of nitrogens with one attached hydrogen (secondary N) is 1. The highest BCUT2D eigenvalue weighted by Crippen LogP contribution is 2.60. The zero-order valence-electron chi connectivity index (χ0n) is 55.2. The van der Waals surface area contributed by atoms with E-state index >= 15 is 0 Å². The van der Waals surface area contributed by atoms with Gasteiger partial charge in [-0.05, 0) is 161 Å². The summed E-state index contributed by atoms with van der Waals surface area (Å²) in [5.41, 5.74) is 24.4. The summed E-state index contributed by atoms with van der Waals surface area (Å²) in [6.45, 7) is 9.65. The number of rotatable bonds is 3. The van der Waals surface area contributed by atoms with E-state index in [1.807, 2.05) is 6.07 Å². The van der Waals surface area contributed by atoms with Crippen LogP contribution in [-0.4, -0.2) is 18.7 Å². The molecule has 0 unspecified atom stereocenters. The smallest absolute Gasteiger partial charge is 0.0629 e. The fraction of sp³-hybridized carbons (Fsp3) is 0.0737. The van der Waals surface area contributed by atoms with Crippen molar-refractivity contribution in [2.24, 2.45) is 0 Å². The van der Waals surface area contributed by atoms with Crippen LogP contribution in [0, 0.1) is 0 Å². The van der Waals surface area contributed by atoms with E-state index in [1.165, 1.54) is 192 Å². The van der Waals surface area contributed by atoms with E-state index in [9.17, 15) is 0 Å². The molecule has 22 rings (SSSR count). The fourth-order valence-corrected chi connectivity index (χ4v) is 18.5. The number of para-hydroxylation sites is 6. The molecule has 0 amide bonds. The van der Waals surface area contributed by atoms with Crippen molar-refractivity contribution in [3.8, 4) is 39.3 Å². The van der Waals surface area contributed by atoms with Crippen LogP contribution in [0.3, 0.4) is 0 Å². The number of hydrogen-bond acceptors (Lipinski definition) is 0. The zero-order valence-corrected chi connectivity index (χ0v) is 56.8. The van der Waals surface area contributed by atoms with E-state index in [1.54, 1.807) is 0 Å². The van der Waals surface area contributed by atoms with Gasteiger partial charge in [0.25, 0.3) is 0 Å². The average Bonchev–Trinajstić information content (AvgIpc) is 1.52. The monoisotopic (exact) mass is 1340 g/mol. The molecule has 0 saturated carbocycles. The van der Waals surface area contributed by atoms with Gasteiger partial charge in [0.15, 0.2) is 0 Å². The minimum Gasteiger partial charge on any atom is -0.354 e. The van der Waals surface area contributed by atoms with Crippen molar-refractivity contribution in [1.82, 2.24) is 18.7 Å². The molecule has 0 radical (unpaired) electrons. The highest BCUT2D eigenvalue weighted by atomic mass is 79.9. The molecule has 4 heterocycles. The van der Waals surface area contributed by atoms with Gasteiger partial charge in [0, 0.05) is 92.1 Å². The Balaban J connectivity index is 0.000000116. The van der Waals surface area contributed by atoms with Crippen LogP contribution in [0.5, 0.6) is 0 Å². The van der Waals surface area contributed by atoms with Gasteiger partial charge in [-0.3, -0.25) is 0 Å². The molecule has 2 aliphatic carbocycles. The molecule has 4 aromatic heterocycles. The van der Waals surface area contributed by atoms with Crippen LogP contribution >= 0.6 is 15.9 Å². The highest BCUT2D eigenvalue weighted by Gasteiger charge is 2.43. The van der Waals surface area contributed by atoms with E-state index in [2.05, 4.69) is 372 Å². The second-order valence-corrected chi connectivity index (χ2v) is 28.9. The van der Waals surface area contributed by atoms with Gasteiger partial charge in [0.05, 0.1) is 38.6 Å². The lowest BCUT2D eigenvalue weighted by Crippen LogP contribution is -2.16. The molecule has 0 aliphatic heterocycles. The molecule has 16 aromatic carbocycles. The molecule has 20 aromatic rings. The maximum Gasteiger partial charge on any atom is 0.0629 e. The first kappa shape index (κ1) is 59.5. The summed E-state index contributed by atoms with van der Waals surface area (Å²) in [5, 5.41) is 21.0. The average molecular weight is 1350 g/mol. The first-order valence-electron chi connectivity index (χ1n) is 34.4. The molecule has 5 heteroatoms. The van der Waals surface area contributed by atoms with Crippen molar-refractivity contribution in [1.29, 1.82) is 0 Å². The molecule has 2 aliphatic rings. The number of aromatic nitrogens is 4. The number of H-pyrrole nitrogens is 1. The van der Waals surface area contributed by atoms with Gasteiger partial charge in [-0.2, -0.15) is 0 Å². The third-order valence-corrected chi connectivity index (χ3v) is 22.5. The first-order chi connectivity index (χ1) is 48.6. The number of aromatic amines is 1. The van der Waals surface area contributed by atoms with Gasteiger partial charge in [-0.15, -0.1) is 0 Å². The van der Waals surface area contributed by atoms with Crippen molar-refractivity contribution in [2.45, 2.75) is 46.0 Å². The van der Waals surface area contributed by atoms with Crippen LogP contribution in [0.2, 0.25) is 0 Å². The molecule has 0 spiro atoms. The molecule has 0 bridgehead atoms. The second-order valence-electron chi connectivity index (χ2n) is 28.0. The van der Waals surface area contributed by atoms with Crippen molar-refractivity contribution in [3.63, 3.8) is 0 Å². The zero-order chi connectivity index (χ0) is 66.0. The van der Waals surface area contributed by atoms with E-state index in [4.69, 9.17) is 0 Å². The first-order valence-corrected chi connectivity index (χ1v) is 35.2. The SMILES string of the molecule is Brc1ccc2c(c1)c1ccccc1n2-c1ccccc1.C.CC1(C)c2c(ccc3ccccc23)-c2c1c1ccccc1c1c2[nH]c2ccccc21.CC1(C)c2c(ccc3ccccc23)-c2c1c1ccccc1c1c3ccccc3n(-c3ccc4c(c3)c3ccccc3n4-c3ccccc3)c21. The van der Waals surface area contributed by atoms with Gasteiger partial charge in [-0.25, -0.2) is 0 Å². The topological polar surface area (TPSA) is 30.6 Å². The lowest BCUT2D eigenvalue weighted by molar-refractivity contribution is 0.672.